The molecule has 1 amide bonds. The minimum atomic E-state index is -0.109. The molecule has 136 valence electrons. The van der Waals surface area contributed by atoms with E-state index in [1.807, 2.05) is 63.5 Å². The predicted molar refractivity (Wildman–Crippen MR) is 105 cm³/mol. The number of nitrogens with one attached hydrogen (secondary N) is 2. The number of nitrogens with zero attached hydrogens (tertiary/aromatic N) is 1. The molecule has 0 saturated heterocycles. The number of rotatable bonds is 7. The van der Waals surface area contributed by atoms with Gasteiger partial charge in [-0.15, -0.1) is 0 Å². The molecular formula is C21H25N3O2. The van der Waals surface area contributed by atoms with Gasteiger partial charge in [-0.1, -0.05) is 30.3 Å². The van der Waals surface area contributed by atoms with Crippen molar-refractivity contribution in [1.82, 2.24) is 15.2 Å². The third-order valence-corrected chi connectivity index (χ3v) is 4.41. The number of ether oxygens (including phenoxy) is 1. The number of likely N-dealkylation sites (N-methyl/N-ethyl adjacent to an activating group) is 1. The summed E-state index contributed by atoms with van der Waals surface area (Å²) in [6.45, 7) is 3.10. The average molecular weight is 351 g/mol. The molecule has 0 spiro atoms. The van der Waals surface area contributed by atoms with Crippen molar-refractivity contribution in [3.63, 3.8) is 0 Å². The van der Waals surface area contributed by atoms with Gasteiger partial charge in [0.2, 0.25) is 0 Å². The van der Waals surface area contributed by atoms with E-state index < -0.39 is 0 Å². The van der Waals surface area contributed by atoms with Crippen LogP contribution in [0.2, 0.25) is 0 Å². The second-order valence-electron chi connectivity index (χ2n) is 6.47. The summed E-state index contributed by atoms with van der Waals surface area (Å²) < 4.78 is 5.51. The van der Waals surface area contributed by atoms with Crippen molar-refractivity contribution in [2.45, 2.75) is 13.0 Å². The van der Waals surface area contributed by atoms with E-state index in [-0.39, 0.29) is 11.9 Å². The summed E-state index contributed by atoms with van der Waals surface area (Å²) in [5, 5.41) is 4.03. The van der Waals surface area contributed by atoms with Crippen molar-refractivity contribution in [3.8, 4) is 5.75 Å². The highest BCUT2D eigenvalue weighted by atomic mass is 16.5. The van der Waals surface area contributed by atoms with Crippen molar-refractivity contribution in [2.24, 2.45) is 0 Å². The van der Waals surface area contributed by atoms with Crippen LogP contribution in [-0.4, -0.2) is 43.0 Å². The Morgan fingerprint density at radius 3 is 2.62 bits per heavy atom. The first-order valence-corrected chi connectivity index (χ1v) is 8.83. The largest absolute Gasteiger partial charge is 0.494 e. The van der Waals surface area contributed by atoms with Crippen LogP contribution in [0.5, 0.6) is 5.75 Å². The third-order valence-electron chi connectivity index (χ3n) is 4.41. The summed E-state index contributed by atoms with van der Waals surface area (Å²) in [7, 11) is 4.03. The van der Waals surface area contributed by atoms with Crippen molar-refractivity contribution in [1.29, 1.82) is 0 Å². The summed E-state index contributed by atoms with van der Waals surface area (Å²) in [4.78, 5) is 17.9. The van der Waals surface area contributed by atoms with Gasteiger partial charge in [0.1, 0.15) is 11.4 Å². The Balaban J connectivity index is 1.72. The molecule has 0 aliphatic heterocycles. The highest BCUT2D eigenvalue weighted by Gasteiger charge is 2.16. The van der Waals surface area contributed by atoms with E-state index in [4.69, 9.17) is 4.74 Å². The fraction of sp³-hybridized carbons (Fsp3) is 0.286. The van der Waals surface area contributed by atoms with Crippen molar-refractivity contribution < 1.29 is 9.53 Å². The summed E-state index contributed by atoms with van der Waals surface area (Å²) >= 11 is 0. The molecule has 1 atom stereocenters. The molecule has 0 saturated carbocycles. The quantitative estimate of drug-likeness (QED) is 0.684. The zero-order chi connectivity index (χ0) is 18.5. The number of aromatic nitrogens is 1. The van der Waals surface area contributed by atoms with Crippen LogP contribution in [0.4, 0.5) is 0 Å². The Bertz CT molecular complexity index is 871. The molecule has 5 nitrogen and oxygen atoms in total. The van der Waals surface area contributed by atoms with E-state index >= 15 is 0 Å². The molecule has 1 unspecified atom stereocenters. The lowest BCUT2D eigenvalue weighted by atomic mass is 10.1. The van der Waals surface area contributed by atoms with Crippen LogP contribution in [0.15, 0.2) is 54.6 Å². The van der Waals surface area contributed by atoms with Gasteiger partial charge in [-0.2, -0.15) is 0 Å². The van der Waals surface area contributed by atoms with Gasteiger partial charge in [-0.25, -0.2) is 0 Å². The maximum Gasteiger partial charge on any atom is 0.267 e. The third kappa shape index (κ3) is 4.06. The molecule has 0 fully saturated rings. The van der Waals surface area contributed by atoms with Gasteiger partial charge in [0.15, 0.2) is 0 Å². The van der Waals surface area contributed by atoms with Crippen LogP contribution < -0.4 is 10.1 Å². The number of carbonyl (C=O) groups excluding carboxylic acids is 1. The molecule has 0 aliphatic carbocycles. The molecule has 0 aliphatic rings. The smallest absolute Gasteiger partial charge is 0.267 e. The fourth-order valence-corrected chi connectivity index (χ4v) is 3.04. The summed E-state index contributed by atoms with van der Waals surface area (Å²) in [6.07, 6.45) is 0. The number of amides is 1. The van der Waals surface area contributed by atoms with Crippen molar-refractivity contribution >= 4 is 16.8 Å². The Kier molecular flexibility index (Phi) is 5.58. The summed E-state index contributed by atoms with van der Waals surface area (Å²) in [5.41, 5.74) is 2.63. The van der Waals surface area contributed by atoms with Crippen LogP contribution in [0, 0.1) is 0 Å². The van der Waals surface area contributed by atoms with Crippen LogP contribution >= 0.6 is 0 Å². The lowest BCUT2D eigenvalue weighted by Crippen LogP contribution is -2.34. The summed E-state index contributed by atoms with van der Waals surface area (Å²) in [5.74, 6) is 0.687. The van der Waals surface area contributed by atoms with E-state index in [2.05, 4.69) is 27.3 Å². The first-order valence-electron chi connectivity index (χ1n) is 8.83. The maximum atomic E-state index is 12.6. The Morgan fingerprint density at radius 1 is 1.15 bits per heavy atom. The maximum absolute atomic E-state index is 12.6. The topological polar surface area (TPSA) is 57.4 Å². The van der Waals surface area contributed by atoms with Crippen molar-refractivity contribution in [3.05, 3.63) is 65.9 Å². The first-order chi connectivity index (χ1) is 12.6. The standard InChI is InChI=1S/C21H25N3O2/c1-4-26-17-11-10-16-12-19(23-18(16)13-17)21(25)22-14-20(24(2)3)15-8-6-5-7-9-15/h5-13,20,23H,4,14H2,1-3H3,(H,22,25). The number of H-pyrrole nitrogens is 1. The number of carbonyl (C=O) groups is 1. The fourth-order valence-electron chi connectivity index (χ4n) is 3.04. The van der Waals surface area contributed by atoms with Gasteiger partial charge < -0.3 is 19.9 Å². The van der Waals surface area contributed by atoms with Crippen LogP contribution in [0.1, 0.15) is 29.0 Å². The van der Waals surface area contributed by atoms with Crippen LogP contribution in [0.3, 0.4) is 0 Å². The molecule has 2 aromatic carbocycles. The molecule has 26 heavy (non-hydrogen) atoms. The Hall–Kier alpha value is -2.79. The number of fused-ring (bicyclic) bond motifs is 1. The molecule has 2 N–H and O–H groups in total. The first kappa shape index (κ1) is 18.0. The SMILES string of the molecule is CCOc1ccc2cc(C(=O)NCC(c3ccccc3)N(C)C)[nH]c2c1. The lowest BCUT2D eigenvalue weighted by molar-refractivity contribution is 0.0937. The number of hydrogen-bond donors (Lipinski definition) is 2. The van der Waals surface area contributed by atoms with E-state index in [0.29, 0.717) is 18.8 Å². The normalized spacial score (nSPS) is 12.3. The molecule has 3 aromatic rings. The van der Waals surface area contributed by atoms with E-state index in [9.17, 15) is 4.79 Å². The summed E-state index contributed by atoms with van der Waals surface area (Å²) in [6, 6.07) is 18.0. The van der Waals surface area contributed by atoms with Crippen molar-refractivity contribution in [2.75, 3.05) is 27.2 Å². The van der Waals surface area contributed by atoms with Crippen LogP contribution in [0.25, 0.3) is 10.9 Å². The second kappa shape index (κ2) is 8.06. The monoisotopic (exact) mass is 351 g/mol. The zero-order valence-corrected chi connectivity index (χ0v) is 15.5. The molecule has 1 aromatic heterocycles. The number of hydrogen-bond acceptors (Lipinski definition) is 3. The van der Waals surface area contributed by atoms with E-state index in [1.165, 1.54) is 5.56 Å². The van der Waals surface area contributed by atoms with Gasteiger partial charge in [0.25, 0.3) is 5.91 Å². The second-order valence-corrected chi connectivity index (χ2v) is 6.47. The molecule has 3 rings (SSSR count). The van der Waals surface area contributed by atoms with Gasteiger partial charge >= 0.3 is 0 Å². The lowest BCUT2D eigenvalue weighted by Gasteiger charge is -2.25. The molecular weight excluding hydrogens is 326 g/mol. The van der Waals surface area contributed by atoms with Crippen LogP contribution in [-0.2, 0) is 0 Å². The van der Waals surface area contributed by atoms with E-state index in [1.54, 1.807) is 0 Å². The Labute approximate surface area is 154 Å². The van der Waals surface area contributed by atoms with E-state index in [0.717, 1.165) is 16.7 Å². The predicted octanol–water partition coefficient (Wildman–Crippen LogP) is 3.60. The molecule has 5 heteroatoms. The minimum Gasteiger partial charge on any atom is -0.494 e. The number of benzene rings is 2. The van der Waals surface area contributed by atoms with Gasteiger partial charge in [0, 0.05) is 23.5 Å². The molecule has 0 bridgehead atoms. The zero-order valence-electron chi connectivity index (χ0n) is 15.5. The van der Waals surface area contributed by atoms with Gasteiger partial charge in [-0.3, -0.25) is 4.79 Å². The molecule has 0 radical (unpaired) electrons. The molecule has 1 heterocycles. The van der Waals surface area contributed by atoms with Gasteiger partial charge in [0.05, 0.1) is 12.6 Å². The van der Waals surface area contributed by atoms with Gasteiger partial charge in [-0.05, 0) is 44.8 Å². The highest BCUT2D eigenvalue weighted by Crippen LogP contribution is 2.22. The highest BCUT2D eigenvalue weighted by molar-refractivity contribution is 5.98. The minimum absolute atomic E-state index is 0.109. The number of aromatic amines is 1. The average Bonchev–Trinajstić information content (AvgIpc) is 3.06. The Morgan fingerprint density at radius 2 is 1.92 bits per heavy atom.